The highest BCUT2D eigenvalue weighted by Gasteiger charge is 2.33. The molecule has 0 saturated carbocycles. The molecule has 0 aliphatic rings. The highest BCUT2D eigenvalue weighted by molar-refractivity contribution is 8.00. The first-order valence-electron chi connectivity index (χ1n) is 8.25. The summed E-state index contributed by atoms with van der Waals surface area (Å²) in [5.41, 5.74) is 0.519. The zero-order chi connectivity index (χ0) is 21.5. The second-order valence-electron chi connectivity index (χ2n) is 6.72. The Labute approximate surface area is 189 Å². The van der Waals surface area contributed by atoms with Crippen LogP contribution in [-0.2, 0) is 19.1 Å². The smallest absolute Gasteiger partial charge is 0.347 e. The topological polar surface area (TPSA) is 63.7 Å². The molecule has 0 heterocycles. The average Bonchev–Trinajstić information content (AvgIpc) is 2.59. The van der Waals surface area contributed by atoms with Gasteiger partial charge in [-0.25, -0.2) is 4.79 Å². The summed E-state index contributed by atoms with van der Waals surface area (Å²) in [4.78, 5) is 35.0. The van der Waals surface area contributed by atoms with E-state index in [0.29, 0.717) is 11.4 Å². The van der Waals surface area contributed by atoms with Gasteiger partial charge >= 0.3 is 11.9 Å². The van der Waals surface area contributed by atoms with Gasteiger partial charge in [0.25, 0.3) is 5.91 Å². The number of esters is 2. The summed E-state index contributed by atoms with van der Waals surface area (Å²) in [5.74, 6) is -2.13. The van der Waals surface area contributed by atoms with Crippen molar-refractivity contribution in [3.63, 3.8) is 0 Å². The first kappa shape index (κ1) is 25.4. The van der Waals surface area contributed by atoms with E-state index >= 15 is 0 Å². The number of halogens is 4. The molecule has 0 spiro atoms. The number of rotatable bonds is 8. The lowest BCUT2D eigenvalue weighted by Crippen LogP contribution is -2.46. The molecular weight excluding hydrogens is 468 g/mol. The number of alkyl halides is 4. The van der Waals surface area contributed by atoms with Gasteiger partial charge < -0.3 is 9.64 Å². The van der Waals surface area contributed by atoms with Crippen LogP contribution >= 0.6 is 58.2 Å². The van der Waals surface area contributed by atoms with Crippen molar-refractivity contribution < 1.29 is 19.1 Å². The minimum atomic E-state index is -1.48. The van der Waals surface area contributed by atoms with Crippen LogP contribution in [0.4, 0.5) is 5.69 Å². The van der Waals surface area contributed by atoms with Crippen LogP contribution in [0.2, 0.25) is 0 Å². The van der Waals surface area contributed by atoms with Gasteiger partial charge in [0.05, 0.1) is 12.5 Å². The molecule has 10 heteroatoms. The number of anilines is 1. The van der Waals surface area contributed by atoms with E-state index in [0.717, 1.165) is 0 Å². The molecule has 1 unspecified atom stereocenters. The van der Waals surface area contributed by atoms with Crippen LogP contribution in [-0.4, -0.2) is 44.1 Å². The van der Waals surface area contributed by atoms with Crippen molar-refractivity contribution in [2.75, 3.05) is 10.7 Å². The molecule has 1 aromatic carbocycles. The van der Waals surface area contributed by atoms with E-state index in [4.69, 9.17) is 46.4 Å². The summed E-state index contributed by atoms with van der Waals surface area (Å²) < 4.78 is 4.51. The zero-order valence-corrected chi connectivity index (χ0v) is 19.4. The standard InChI is InChI=1S/C18H21Cl4NO4S/c1-18(2,3)28-10-12(9-13(24)27-17(26)15(21)22)23(16(25)14(19)20)11-7-5-4-6-8-11/h4-8,12,14-15H,9-10H2,1-3H3. The summed E-state index contributed by atoms with van der Waals surface area (Å²) >= 11 is 24.0. The Morgan fingerprint density at radius 1 is 1.04 bits per heavy atom. The van der Waals surface area contributed by atoms with Gasteiger partial charge in [-0.15, -0.1) is 0 Å². The summed E-state index contributed by atoms with van der Waals surface area (Å²) in [7, 11) is 0. The monoisotopic (exact) mass is 487 g/mol. The molecule has 156 valence electrons. The van der Waals surface area contributed by atoms with Crippen LogP contribution in [0.3, 0.4) is 0 Å². The van der Waals surface area contributed by atoms with Gasteiger partial charge in [-0.2, -0.15) is 11.8 Å². The zero-order valence-electron chi connectivity index (χ0n) is 15.5. The average molecular weight is 489 g/mol. The van der Waals surface area contributed by atoms with Crippen molar-refractivity contribution in [2.45, 2.75) is 47.7 Å². The molecule has 1 aromatic rings. The van der Waals surface area contributed by atoms with Crippen molar-refractivity contribution in [3.8, 4) is 0 Å². The van der Waals surface area contributed by atoms with Crippen molar-refractivity contribution >= 4 is 81.7 Å². The van der Waals surface area contributed by atoms with E-state index in [1.54, 1.807) is 30.3 Å². The van der Waals surface area contributed by atoms with Crippen LogP contribution in [0, 0.1) is 0 Å². The fraction of sp³-hybridized carbons (Fsp3) is 0.500. The minimum absolute atomic E-state index is 0.137. The number of hydrogen-bond acceptors (Lipinski definition) is 5. The van der Waals surface area contributed by atoms with Crippen molar-refractivity contribution in [1.29, 1.82) is 0 Å². The summed E-state index contributed by atoms with van der Waals surface area (Å²) in [6, 6.07) is 8.02. The lowest BCUT2D eigenvalue weighted by molar-refractivity contribution is -0.158. The van der Waals surface area contributed by atoms with Crippen LogP contribution in [0.15, 0.2) is 30.3 Å². The third-order valence-electron chi connectivity index (χ3n) is 3.33. The number of thioether (sulfide) groups is 1. The Kier molecular flexibility index (Phi) is 10.4. The van der Waals surface area contributed by atoms with Gasteiger partial charge in [-0.1, -0.05) is 85.4 Å². The second kappa shape index (κ2) is 11.5. The third kappa shape index (κ3) is 8.78. The van der Waals surface area contributed by atoms with Crippen molar-refractivity contribution in [2.24, 2.45) is 0 Å². The number of carbonyl (C=O) groups is 3. The number of ether oxygens (including phenoxy) is 1. The molecule has 0 N–H and O–H groups in total. The Bertz CT molecular complexity index is 680. The molecule has 1 atom stereocenters. The highest BCUT2D eigenvalue weighted by atomic mass is 35.5. The third-order valence-corrected chi connectivity index (χ3v) is 5.47. The Balaban J connectivity index is 3.18. The number of amides is 1. The van der Waals surface area contributed by atoms with E-state index in [1.807, 2.05) is 20.8 Å². The predicted octanol–water partition coefficient (Wildman–Crippen LogP) is 4.99. The van der Waals surface area contributed by atoms with Gasteiger partial charge in [0.15, 0.2) is 4.84 Å². The van der Waals surface area contributed by atoms with Crippen LogP contribution in [0.5, 0.6) is 0 Å². The molecule has 0 aliphatic heterocycles. The van der Waals surface area contributed by atoms with E-state index < -0.39 is 33.6 Å². The molecular formula is C18H21Cl4NO4S. The van der Waals surface area contributed by atoms with E-state index in [1.165, 1.54) is 16.7 Å². The Hall–Kier alpha value is -0.660. The largest absolute Gasteiger partial charge is 0.391 e. The SMILES string of the molecule is CC(C)(C)SCC(CC(=O)OC(=O)C(Cl)Cl)N(C(=O)C(Cl)Cl)c1ccccc1. The fourth-order valence-corrected chi connectivity index (χ4v) is 3.43. The first-order valence-corrected chi connectivity index (χ1v) is 11.0. The van der Waals surface area contributed by atoms with Crippen molar-refractivity contribution in [1.82, 2.24) is 0 Å². The lowest BCUT2D eigenvalue weighted by atomic mass is 10.1. The molecule has 0 bridgehead atoms. The Morgan fingerprint density at radius 2 is 1.61 bits per heavy atom. The predicted molar refractivity (Wildman–Crippen MR) is 117 cm³/mol. The molecule has 0 fully saturated rings. The van der Waals surface area contributed by atoms with Gasteiger partial charge in [-0.05, 0) is 12.1 Å². The van der Waals surface area contributed by atoms with E-state index in [9.17, 15) is 14.4 Å². The molecule has 0 saturated heterocycles. The summed E-state index contributed by atoms with van der Waals surface area (Å²) in [5, 5.41) is 0. The van der Waals surface area contributed by atoms with Gasteiger partial charge in [0.2, 0.25) is 4.84 Å². The molecule has 0 radical (unpaired) electrons. The summed E-state index contributed by atoms with van der Waals surface area (Å²) in [6.07, 6.45) is -0.267. The van der Waals surface area contributed by atoms with Gasteiger partial charge in [0.1, 0.15) is 0 Å². The quantitative estimate of drug-likeness (QED) is 0.293. The van der Waals surface area contributed by atoms with Crippen LogP contribution in [0.1, 0.15) is 27.2 Å². The maximum Gasteiger partial charge on any atom is 0.347 e. The number of carbonyl (C=O) groups excluding carboxylic acids is 3. The highest BCUT2D eigenvalue weighted by Crippen LogP contribution is 2.30. The number of nitrogens with zero attached hydrogens (tertiary/aromatic N) is 1. The van der Waals surface area contributed by atoms with Crippen LogP contribution < -0.4 is 4.90 Å². The second-order valence-corrected chi connectivity index (χ2v) is 10.8. The van der Waals surface area contributed by atoms with Gasteiger partial charge in [-0.3, -0.25) is 9.59 Å². The first-order chi connectivity index (χ1) is 12.9. The normalized spacial score (nSPS) is 12.8. The maximum atomic E-state index is 12.7. The fourth-order valence-electron chi connectivity index (χ4n) is 2.17. The van der Waals surface area contributed by atoms with E-state index in [2.05, 4.69) is 4.74 Å². The molecule has 28 heavy (non-hydrogen) atoms. The van der Waals surface area contributed by atoms with Gasteiger partial charge in [0, 0.05) is 16.2 Å². The molecule has 0 aliphatic carbocycles. The number of para-hydroxylation sites is 1. The summed E-state index contributed by atoms with van der Waals surface area (Å²) in [6.45, 7) is 6.01. The minimum Gasteiger partial charge on any atom is -0.391 e. The molecule has 0 aromatic heterocycles. The molecule has 1 amide bonds. The molecule has 1 rings (SSSR count). The van der Waals surface area contributed by atoms with Crippen molar-refractivity contribution in [3.05, 3.63) is 30.3 Å². The van der Waals surface area contributed by atoms with Crippen LogP contribution in [0.25, 0.3) is 0 Å². The Morgan fingerprint density at radius 3 is 2.07 bits per heavy atom. The number of hydrogen-bond donors (Lipinski definition) is 0. The number of benzene rings is 1. The molecule has 5 nitrogen and oxygen atoms in total. The lowest BCUT2D eigenvalue weighted by Gasteiger charge is -2.33. The van der Waals surface area contributed by atoms with E-state index in [-0.39, 0.29) is 11.2 Å². The maximum absolute atomic E-state index is 12.7.